The zero-order chi connectivity index (χ0) is 17.2. The zero-order valence-electron chi connectivity index (χ0n) is 14.6. The van der Waals surface area contributed by atoms with Crippen LogP contribution in [0.4, 0.5) is 4.39 Å². The van der Waals surface area contributed by atoms with Crippen molar-refractivity contribution in [2.45, 2.75) is 31.7 Å². The van der Waals surface area contributed by atoms with Crippen LogP contribution < -0.4 is 10.6 Å². The molecule has 2 atom stereocenters. The van der Waals surface area contributed by atoms with Crippen molar-refractivity contribution in [2.24, 2.45) is 4.99 Å². The molecule has 0 radical (unpaired) electrons. The lowest BCUT2D eigenvalue weighted by atomic mass is 10.1. The molecule has 2 unspecified atom stereocenters. The standard InChI is InChI=1S/C18H28FN3O2/c1-3-20-18(21-9-6-10-24-12-11-23-2)22-17-13-15(17)14-7-4-5-8-16(14)19/h4-5,7-8,15,17H,3,6,9-13H2,1-2H3,(H2,20,21,22). The fraction of sp³-hybridized carbons (Fsp3) is 0.611. The van der Waals surface area contributed by atoms with Gasteiger partial charge >= 0.3 is 0 Å². The summed E-state index contributed by atoms with van der Waals surface area (Å²) in [7, 11) is 1.66. The molecular weight excluding hydrogens is 309 g/mol. The molecule has 134 valence electrons. The first-order valence-electron chi connectivity index (χ1n) is 8.62. The number of ether oxygens (including phenoxy) is 2. The maximum atomic E-state index is 13.8. The normalized spacial score (nSPS) is 20.0. The van der Waals surface area contributed by atoms with Crippen molar-refractivity contribution in [1.29, 1.82) is 0 Å². The van der Waals surface area contributed by atoms with Gasteiger partial charge in [0.15, 0.2) is 5.96 Å². The quantitative estimate of drug-likeness (QED) is 0.391. The van der Waals surface area contributed by atoms with Crippen LogP contribution in [0, 0.1) is 5.82 Å². The van der Waals surface area contributed by atoms with E-state index in [1.54, 1.807) is 13.2 Å². The molecule has 1 aromatic carbocycles. The van der Waals surface area contributed by atoms with Gasteiger partial charge in [0.05, 0.1) is 13.2 Å². The van der Waals surface area contributed by atoms with Gasteiger partial charge in [-0.15, -0.1) is 0 Å². The monoisotopic (exact) mass is 337 g/mol. The Labute approximate surface area is 143 Å². The Hall–Kier alpha value is -1.66. The van der Waals surface area contributed by atoms with Gasteiger partial charge < -0.3 is 20.1 Å². The third kappa shape index (κ3) is 6.09. The van der Waals surface area contributed by atoms with E-state index in [-0.39, 0.29) is 17.8 Å². The molecule has 0 aliphatic heterocycles. The van der Waals surface area contributed by atoms with E-state index in [0.717, 1.165) is 30.9 Å². The highest BCUT2D eigenvalue weighted by atomic mass is 19.1. The zero-order valence-corrected chi connectivity index (χ0v) is 14.6. The van der Waals surface area contributed by atoms with E-state index in [2.05, 4.69) is 15.6 Å². The maximum absolute atomic E-state index is 13.8. The van der Waals surface area contributed by atoms with E-state index in [0.29, 0.717) is 26.4 Å². The number of nitrogens with zero attached hydrogens (tertiary/aromatic N) is 1. The van der Waals surface area contributed by atoms with E-state index in [1.807, 2.05) is 19.1 Å². The molecule has 1 aliphatic rings. The molecule has 0 heterocycles. The topological polar surface area (TPSA) is 54.9 Å². The number of aliphatic imine (C=N–C) groups is 1. The second-order valence-electron chi connectivity index (χ2n) is 5.83. The molecule has 1 saturated carbocycles. The number of methoxy groups -OCH3 is 1. The van der Waals surface area contributed by atoms with Gasteiger partial charge in [0.1, 0.15) is 5.82 Å². The number of hydrogen-bond donors (Lipinski definition) is 2. The summed E-state index contributed by atoms with van der Waals surface area (Å²) in [6, 6.07) is 7.25. The number of hydrogen-bond acceptors (Lipinski definition) is 3. The largest absolute Gasteiger partial charge is 0.382 e. The molecular formula is C18H28FN3O2. The minimum absolute atomic E-state index is 0.123. The number of benzene rings is 1. The van der Waals surface area contributed by atoms with Crippen molar-refractivity contribution in [3.05, 3.63) is 35.6 Å². The van der Waals surface area contributed by atoms with Crippen molar-refractivity contribution in [3.8, 4) is 0 Å². The first-order valence-corrected chi connectivity index (χ1v) is 8.62. The molecule has 0 amide bonds. The van der Waals surface area contributed by atoms with Crippen LogP contribution in [-0.4, -0.2) is 52.0 Å². The van der Waals surface area contributed by atoms with E-state index in [4.69, 9.17) is 9.47 Å². The van der Waals surface area contributed by atoms with Gasteiger partial charge in [-0.25, -0.2) is 4.39 Å². The molecule has 5 nitrogen and oxygen atoms in total. The second-order valence-corrected chi connectivity index (χ2v) is 5.83. The minimum atomic E-state index is -0.123. The molecule has 1 aliphatic carbocycles. The Morgan fingerprint density at radius 2 is 2.12 bits per heavy atom. The third-order valence-electron chi connectivity index (χ3n) is 3.91. The Kier molecular flexibility index (Phi) is 7.98. The van der Waals surface area contributed by atoms with Gasteiger partial charge in [-0.3, -0.25) is 4.99 Å². The Bertz CT molecular complexity index is 525. The Balaban J connectivity index is 1.73. The third-order valence-corrected chi connectivity index (χ3v) is 3.91. The summed E-state index contributed by atoms with van der Waals surface area (Å²) in [4.78, 5) is 4.55. The molecule has 1 fully saturated rings. The van der Waals surface area contributed by atoms with Crippen molar-refractivity contribution in [2.75, 3.05) is 40.0 Å². The van der Waals surface area contributed by atoms with Crippen LogP contribution in [0.15, 0.2) is 29.3 Å². The summed E-state index contributed by atoms with van der Waals surface area (Å²) in [6.45, 7) is 5.43. The van der Waals surface area contributed by atoms with Gasteiger partial charge in [-0.1, -0.05) is 18.2 Å². The lowest BCUT2D eigenvalue weighted by Crippen LogP contribution is -2.39. The number of halogens is 1. The summed E-state index contributed by atoms with van der Waals surface area (Å²) in [6.07, 6.45) is 1.80. The summed E-state index contributed by atoms with van der Waals surface area (Å²) in [5, 5.41) is 6.63. The predicted molar refractivity (Wildman–Crippen MR) is 94.0 cm³/mol. The van der Waals surface area contributed by atoms with Gasteiger partial charge in [0.25, 0.3) is 0 Å². The SMILES string of the molecule is CCNC(=NCCCOCCOC)NC1CC1c1ccccc1F. The van der Waals surface area contributed by atoms with Gasteiger partial charge in [0.2, 0.25) is 0 Å². The molecule has 2 rings (SSSR count). The summed E-state index contributed by atoms with van der Waals surface area (Å²) >= 11 is 0. The number of nitrogens with one attached hydrogen (secondary N) is 2. The minimum Gasteiger partial charge on any atom is -0.382 e. The maximum Gasteiger partial charge on any atom is 0.191 e. The van der Waals surface area contributed by atoms with Gasteiger partial charge in [-0.2, -0.15) is 0 Å². The molecule has 0 bridgehead atoms. The highest BCUT2D eigenvalue weighted by molar-refractivity contribution is 5.80. The Morgan fingerprint density at radius 1 is 1.29 bits per heavy atom. The summed E-state index contributed by atoms with van der Waals surface area (Å²) in [5.74, 6) is 0.896. The lowest BCUT2D eigenvalue weighted by Gasteiger charge is -2.11. The average molecular weight is 337 g/mol. The predicted octanol–water partition coefficient (Wildman–Crippen LogP) is 2.29. The molecule has 2 N–H and O–H groups in total. The highest BCUT2D eigenvalue weighted by Gasteiger charge is 2.40. The van der Waals surface area contributed by atoms with Gasteiger partial charge in [0, 0.05) is 38.8 Å². The molecule has 0 spiro atoms. The van der Waals surface area contributed by atoms with Crippen LogP contribution in [0.25, 0.3) is 0 Å². The molecule has 6 heteroatoms. The van der Waals surface area contributed by atoms with Crippen LogP contribution in [0.2, 0.25) is 0 Å². The molecule has 0 saturated heterocycles. The smallest absolute Gasteiger partial charge is 0.191 e. The van der Waals surface area contributed by atoms with Gasteiger partial charge in [-0.05, 0) is 31.4 Å². The van der Waals surface area contributed by atoms with E-state index >= 15 is 0 Å². The molecule has 1 aromatic rings. The lowest BCUT2D eigenvalue weighted by molar-refractivity contribution is 0.0702. The number of guanidine groups is 1. The van der Waals surface area contributed by atoms with Crippen molar-refractivity contribution >= 4 is 5.96 Å². The van der Waals surface area contributed by atoms with Crippen LogP contribution in [0.1, 0.15) is 31.2 Å². The fourth-order valence-electron chi connectivity index (χ4n) is 2.57. The van der Waals surface area contributed by atoms with Crippen LogP contribution >= 0.6 is 0 Å². The van der Waals surface area contributed by atoms with Crippen LogP contribution in [-0.2, 0) is 9.47 Å². The summed E-state index contributed by atoms with van der Waals surface area (Å²) in [5.41, 5.74) is 0.789. The first kappa shape index (κ1) is 18.7. The summed E-state index contributed by atoms with van der Waals surface area (Å²) < 4.78 is 24.2. The highest BCUT2D eigenvalue weighted by Crippen LogP contribution is 2.41. The second kappa shape index (κ2) is 10.3. The van der Waals surface area contributed by atoms with Crippen molar-refractivity contribution in [3.63, 3.8) is 0 Å². The van der Waals surface area contributed by atoms with Crippen LogP contribution in [0.5, 0.6) is 0 Å². The van der Waals surface area contributed by atoms with Crippen molar-refractivity contribution < 1.29 is 13.9 Å². The molecule has 24 heavy (non-hydrogen) atoms. The van der Waals surface area contributed by atoms with E-state index in [9.17, 15) is 4.39 Å². The van der Waals surface area contributed by atoms with E-state index in [1.165, 1.54) is 6.07 Å². The van der Waals surface area contributed by atoms with Crippen molar-refractivity contribution in [1.82, 2.24) is 10.6 Å². The molecule has 0 aromatic heterocycles. The fourth-order valence-corrected chi connectivity index (χ4v) is 2.57. The Morgan fingerprint density at radius 3 is 2.88 bits per heavy atom. The van der Waals surface area contributed by atoms with E-state index < -0.39 is 0 Å². The number of rotatable bonds is 10. The first-order chi connectivity index (χ1) is 11.8. The van der Waals surface area contributed by atoms with Crippen LogP contribution in [0.3, 0.4) is 0 Å². The average Bonchev–Trinajstić information content (AvgIpc) is 3.33.